The van der Waals surface area contributed by atoms with Gasteiger partial charge in [-0.25, -0.2) is 0 Å². The molecule has 0 spiro atoms. The van der Waals surface area contributed by atoms with Gasteiger partial charge in [0.25, 0.3) is 0 Å². The molecule has 2 unspecified atom stereocenters. The molecule has 1 saturated carbocycles. The van der Waals surface area contributed by atoms with E-state index >= 15 is 0 Å². The van der Waals surface area contributed by atoms with E-state index in [0.717, 1.165) is 12.8 Å². The number of carbonyl (C=O) groups is 2. The Morgan fingerprint density at radius 1 is 1.47 bits per heavy atom. The van der Waals surface area contributed by atoms with E-state index in [-0.39, 0.29) is 17.7 Å². The van der Waals surface area contributed by atoms with E-state index in [0.29, 0.717) is 32.0 Å². The first-order valence-electron chi connectivity index (χ1n) is 7.35. The summed E-state index contributed by atoms with van der Waals surface area (Å²) in [6, 6.07) is 0. The average molecular weight is 268 g/mol. The molecule has 2 N–H and O–H groups in total. The summed E-state index contributed by atoms with van der Waals surface area (Å²) in [4.78, 5) is 25.2. The zero-order valence-corrected chi connectivity index (χ0v) is 11.6. The molecule has 108 valence electrons. The van der Waals surface area contributed by atoms with Gasteiger partial charge in [0.05, 0.1) is 12.0 Å². The van der Waals surface area contributed by atoms with Crippen LogP contribution in [0.3, 0.4) is 0 Å². The van der Waals surface area contributed by atoms with Gasteiger partial charge < -0.3 is 15.3 Å². The average Bonchev–Trinajstić information content (AvgIpc) is 3.04. The highest BCUT2D eigenvalue weighted by molar-refractivity contribution is 5.89. The first-order valence-corrected chi connectivity index (χ1v) is 7.35. The molecule has 5 heteroatoms. The summed E-state index contributed by atoms with van der Waals surface area (Å²) in [6.45, 7) is 3.41. The maximum absolute atomic E-state index is 12.0. The van der Waals surface area contributed by atoms with Crippen molar-refractivity contribution >= 4 is 11.8 Å². The molecule has 0 bridgehead atoms. The second-order valence-corrected chi connectivity index (χ2v) is 5.69. The highest BCUT2D eigenvalue weighted by atomic mass is 16.3. The Labute approximate surface area is 114 Å². The summed E-state index contributed by atoms with van der Waals surface area (Å²) in [7, 11) is 0. The van der Waals surface area contributed by atoms with Gasteiger partial charge in [0.1, 0.15) is 0 Å². The summed E-state index contributed by atoms with van der Waals surface area (Å²) >= 11 is 0. The number of hydrogen-bond acceptors (Lipinski definition) is 3. The number of rotatable bonds is 5. The van der Waals surface area contributed by atoms with E-state index in [9.17, 15) is 14.7 Å². The van der Waals surface area contributed by atoms with E-state index in [1.165, 1.54) is 12.8 Å². The fourth-order valence-electron chi connectivity index (χ4n) is 3.11. The number of aliphatic hydroxyl groups excluding tert-OH is 1. The van der Waals surface area contributed by atoms with E-state index < -0.39 is 6.10 Å². The molecule has 0 radical (unpaired) electrons. The third kappa shape index (κ3) is 3.47. The van der Waals surface area contributed by atoms with Crippen LogP contribution in [0.4, 0.5) is 0 Å². The fraction of sp³-hybridized carbons (Fsp3) is 0.857. The van der Waals surface area contributed by atoms with Crippen molar-refractivity contribution in [3.05, 3.63) is 0 Å². The molecule has 2 amide bonds. The Kier molecular flexibility index (Phi) is 4.80. The molecule has 2 atom stereocenters. The standard InChI is InChI=1S/C14H24N2O3/c1-2-16-9-11(7-13(16)18)14(19)15-8-12(17)10-5-3-4-6-10/h10-12,17H,2-9H2,1H3,(H,15,19). The van der Waals surface area contributed by atoms with Gasteiger partial charge in [0.2, 0.25) is 11.8 Å². The van der Waals surface area contributed by atoms with Gasteiger partial charge in [-0.3, -0.25) is 9.59 Å². The lowest BCUT2D eigenvalue weighted by Gasteiger charge is -2.19. The van der Waals surface area contributed by atoms with E-state index in [4.69, 9.17) is 0 Å². The first kappa shape index (κ1) is 14.3. The maximum Gasteiger partial charge on any atom is 0.225 e. The minimum atomic E-state index is -0.439. The molecule has 19 heavy (non-hydrogen) atoms. The van der Waals surface area contributed by atoms with Crippen molar-refractivity contribution < 1.29 is 14.7 Å². The third-order valence-corrected chi connectivity index (χ3v) is 4.40. The Balaban J connectivity index is 1.74. The number of aliphatic hydroxyl groups is 1. The van der Waals surface area contributed by atoms with Crippen LogP contribution >= 0.6 is 0 Å². The van der Waals surface area contributed by atoms with E-state index in [1.807, 2.05) is 6.92 Å². The van der Waals surface area contributed by atoms with Gasteiger partial charge in [0.15, 0.2) is 0 Å². The summed E-state index contributed by atoms with van der Waals surface area (Å²) in [5.74, 6) is 0.0428. The molecular weight excluding hydrogens is 244 g/mol. The lowest BCUT2D eigenvalue weighted by molar-refractivity contribution is -0.129. The first-order chi connectivity index (χ1) is 9.11. The van der Waals surface area contributed by atoms with E-state index in [1.54, 1.807) is 4.90 Å². The van der Waals surface area contributed by atoms with Crippen molar-refractivity contribution in [1.29, 1.82) is 0 Å². The van der Waals surface area contributed by atoms with Gasteiger partial charge in [-0.2, -0.15) is 0 Å². The highest BCUT2D eigenvalue weighted by Gasteiger charge is 2.33. The summed E-state index contributed by atoms with van der Waals surface area (Å²) in [6.07, 6.45) is 4.34. The molecule has 0 aromatic carbocycles. The fourth-order valence-corrected chi connectivity index (χ4v) is 3.11. The Bertz CT molecular complexity index is 340. The Morgan fingerprint density at radius 3 is 2.74 bits per heavy atom. The van der Waals surface area contributed by atoms with Crippen LogP contribution in [-0.4, -0.2) is 47.6 Å². The van der Waals surface area contributed by atoms with Crippen LogP contribution < -0.4 is 5.32 Å². The lowest BCUT2D eigenvalue weighted by atomic mass is 10.0. The van der Waals surface area contributed by atoms with Gasteiger partial charge >= 0.3 is 0 Å². The quantitative estimate of drug-likeness (QED) is 0.764. The van der Waals surface area contributed by atoms with Gasteiger partial charge in [-0.05, 0) is 25.7 Å². The lowest BCUT2D eigenvalue weighted by Crippen LogP contribution is -2.39. The van der Waals surface area contributed by atoms with Crippen LogP contribution in [0.2, 0.25) is 0 Å². The number of carbonyl (C=O) groups excluding carboxylic acids is 2. The van der Waals surface area contributed by atoms with Crippen molar-refractivity contribution in [3.63, 3.8) is 0 Å². The summed E-state index contributed by atoms with van der Waals surface area (Å²) in [5, 5.41) is 12.8. The monoisotopic (exact) mass is 268 g/mol. The normalized spacial score (nSPS) is 25.9. The van der Waals surface area contributed by atoms with Gasteiger partial charge in [-0.1, -0.05) is 12.8 Å². The molecular formula is C14H24N2O3. The minimum Gasteiger partial charge on any atom is -0.391 e. The second-order valence-electron chi connectivity index (χ2n) is 5.69. The minimum absolute atomic E-state index is 0.0546. The summed E-state index contributed by atoms with van der Waals surface area (Å²) in [5.41, 5.74) is 0. The molecule has 0 aromatic rings. The zero-order valence-electron chi connectivity index (χ0n) is 11.6. The molecule has 1 aliphatic heterocycles. The smallest absolute Gasteiger partial charge is 0.225 e. The van der Waals surface area contributed by atoms with Crippen molar-refractivity contribution in [3.8, 4) is 0 Å². The maximum atomic E-state index is 12.0. The molecule has 2 fully saturated rings. The molecule has 2 aliphatic rings. The van der Waals surface area contributed by atoms with Crippen molar-refractivity contribution in [2.24, 2.45) is 11.8 Å². The number of nitrogens with one attached hydrogen (secondary N) is 1. The van der Waals surface area contributed by atoms with Gasteiger partial charge in [-0.15, -0.1) is 0 Å². The zero-order chi connectivity index (χ0) is 13.8. The molecule has 1 heterocycles. The van der Waals surface area contributed by atoms with Crippen LogP contribution in [0.1, 0.15) is 39.0 Å². The second kappa shape index (κ2) is 6.37. The molecule has 1 saturated heterocycles. The third-order valence-electron chi connectivity index (χ3n) is 4.40. The van der Waals surface area contributed by atoms with Crippen LogP contribution in [0.15, 0.2) is 0 Å². The molecule has 0 aromatic heterocycles. The molecule has 5 nitrogen and oxygen atoms in total. The van der Waals surface area contributed by atoms with E-state index in [2.05, 4.69) is 5.32 Å². The Hall–Kier alpha value is -1.10. The SMILES string of the molecule is CCN1CC(C(=O)NCC(O)C2CCCC2)CC1=O. The van der Waals surface area contributed by atoms with Crippen LogP contribution in [0.25, 0.3) is 0 Å². The van der Waals surface area contributed by atoms with Crippen LogP contribution in [0, 0.1) is 11.8 Å². The number of amides is 2. The largest absolute Gasteiger partial charge is 0.391 e. The topological polar surface area (TPSA) is 69.6 Å². The van der Waals surface area contributed by atoms with Crippen LogP contribution in [-0.2, 0) is 9.59 Å². The predicted molar refractivity (Wildman–Crippen MR) is 71.3 cm³/mol. The summed E-state index contributed by atoms with van der Waals surface area (Å²) < 4.78 is 0. The van der Waals surface area contributed by atoms with Crippen molar-refractivity contribution in [2.45, 2.75) is 45.1 Å². The molecule has 2 rings (SSSR count). The molecule has 1 aliphatic carbocycles. The van der Waals surface area contributed by atoms with Crippen molar-refractivity contribution in [1.82, 2.24) is 10.2 Å². The predicted octanol–water partition coefficient (Wildman–Crippen LogP) is 0.522. The highest BCUT2D eigenvalue weighted by Crippen LogP contribution is 2.27. The van der Waals surface area contributed by atoms with Gasteiger partial charge in [0, 0.05) is 26.1 Å². The Morgan fingerprint density at radius 2 is 2.16 bits per heavy atom. The van der Waals surface area contributed by atoms with Crippen LogP contribution in [0.5, 0.6) is 0 Å². The number of nitrogens with zero attached hydrogens (tertiary/aromatic N) is 1. The number of likely N-dealkylation sites (tertiary alicyclic amines) is 1. The van der Waals surface area contributed by atoms with Crippen molar-refractivity contribution in [2.75, 3.05) is 19.6 Å². The number of hydrogen-bond donors (Lipinski definition) is 2.